The van der Waals surface area contributed by atoms with Crippen LogP contribution in [0.1, 0.15) is 11.1 Å². The van der Waals surface area contributed by atoms with Crippen LogP contribution in [0.4, 0.5) is 0 Å². The number of aromatic nitrogens is 1. The molecule has 1 aromatic heterocycles. The first-order valence-electron chi connectivity index (χ1n) is 7.24. The predicted octanol–water partition coefficient (Wildman–Crippen LogP) is 4.09. The Balaban J connectivity index is 1.94. The highest BCUT2D eigenvalue weighted by Crippen LogP contribution is 2.29. The van der Waals surface area contributed by atoms with E-state index in [-0.39, 0.29) is 0 Å². The molecule has 0 saturated carbocycles. The Morgan fingerprint density at radius 2 is 1.55 bits per heavy atom. The number of ether oxygens (including phenoxy) is 2. The lowest BCUT2D eigenvalue weighted by Crippen LogP contribution is -1.99. The third-order valence-corrected chi connectivity index (χ3v) is 3.72. The van der Waals surface area contributed by atoms with E-state index in [0.717, 1.165) is 17.9 Å². The van der Waals surface area contributed by atoms with Crippen molar-refractivity contribution in [1.82, 2.24) is 4.57 Å². The molecule has 22 heavy (non-hydrogen) atoms. The number of methoxy groups -OCH3 is 2. The number of nitrogens with zero attached hydrogens (tertiary/aromatic N) is 1. The molecule has 0 fully saturated rings. The number of para-hydroxylation sites is 1. The van der Waals surface area contributed by atoms with Gasteiger partial charge in [-0.2, -0.15) is 0 Å². The van der Waals surface area contributed by atoms with Crippen molar-refractivity contribution in [3.8, 4) is 17.2 Å². The van der Waals surface area contributed by atoms with Crippen molar-refractivity contribution in [2.45, 2.75) is 6.42 Å². The van der Waals surface area contributed by atoms with Gasteiger partial charge in [-0.3, -0.25) is 0 Å². The molecule has 0 aliphatic carbocycles. The second-order valence-electron chi connectivity index (χ2n) is 5.09. The zero-order valence-corrected chi connectivity index (χ0v) is 12.8. The van der Waals surface area contributed by atoms with E-state index in [1.165, 1.54) is 16.8 Å². The SMILES string of the molecule is COc1ccc(Cc2ccccc2-n2cccc2)cc1OC. The maximum Gasteiger partial charge on any atom is 0.160 e. The van der Waals surface area contributed by atoms with Gasteiger partial charge in [-0.25, -0.2) is 0 Å². The van der Waals surface area contributed by atoms with Gasteiger partial charge in [0.1, 0.15) is 0 Å². The molecule has 0 amide bonds. The fourth-order valence-electron chi connectivity index (χ4n) is 2.62. The quantitative estimate of drug-likeness (QED) is 0.707. The second-order valence-corrected chi connectivity index (χ2v) is 5.09. The molecule has 0 unspecified atom stereocenters. The predicted molar refractivity (Wildman–Crippen MR) is 88.1 cm³/mol. The van der Waals surface area contributed by atoms with Crippen LogP contribution in [0.2, 0.25) is 0 Å². The largest absolute Gasteiger partial charge is 0.493 e. The van der Waals surface area contributed by atoms with Gasteiger partial charge >= 0.3 is 0 Å². The molecule has 0 N–H and O–H groups in total. The molecule has 0 saturated heterocycles. The van der Waals surface area contributed by atoms with Crippen molar-refractivity contribution in [2.75, 3.05) is 14.2 Å². The van der Waals surface area contributed by atoms with Crippen LogP contribution in [0.5, 0.6) is 11.5 Å². The molecule has 3 aromatic rings. The zero-order chi connectivity index (χ0) is 15.4. The molecule has 3 nitrogen and oxygen atoms in total. The molecule has 0 radical (unpaired) electrons. The molecule has 112 valence electrons. The lowest BCUT2D eigenvalue weighted by molar-refractivity contribution is 0.354. The van der Waals surface area contributed by atoms with Crippen LogP contribution >= 0.6 is 0 Å². The van der Waals surface area contributed by atoms with Crippen molar-refractivity contribution >= 4 is 0 Å². The van der Waals surface area contributed by atoms with E-state index in [0.29, 0.717) is 0 Å². The van der Waals surface area contributed by atoms with Gasteiger partial charge in [0.05, 0.1) is 14.2 Å². The monoisotopic (exact) mass is 293 g/mol. The summed E-state index contributed by atoms with van der Waals surface area (Å²) in [6.45, 7) is 0. The Kier molecular flexibility index (Phi) is 4.15. The van der Waals surface area contributed by atoms with Crippen molar-refractivity contribution in [3.63, 3.8) is 0 Å². The summed E-state index contributed by atoms with van der Waals surface area (Å²) in [6, 6.07) is 18.6. The van der Waals surface area contributed by atoms with E-state index in [4.69, 9.17) is 9.47 Å². The maximum absolute atomic E-state index is 5.39. The highest BCUT2D eigenvalue weighted by molar-refractivity contribution is 5.48. The topological polar surface area (TPSA) is 23.4 Å². The van der Waals surface area contributed by atoms with Gasteiger partial charge < -0.3 is 14.0 Å². The van der Waals surface area contributed by atoms with Crippen LogP contribution in [0.3, 0.4) is 0 Å². The standard InChI is InChI=1S/C19H19NO2/c1-21-18-10-9-15(14-19(18)22-2)13-16-7-3-4-8-17(16)20-11-5-6-12-20/h3-12,14H,13H2,1-2H3. The van der Waals surface area contributed by atoms with E-state index < -0.39 is 0 Å². The summed E-state index contributed by atoms with van der Waals surface area (Å²) in [5.74, 6) is 1.52. The summed E-state index contributed by atoms with van der Waals surface area (Å²) in [5, 5.41) is 0. The number of benzene rings is 2. The van der Waals surface area contributed by atoms with Crippen molar-refractivity contribution in [1.29, 1.82) is 0 Å². The summed E-state index contributed by atoms with van der Waals surface area (Å²) in [7, 11) is 3.31. The molecular weight excluding hydrogens is 274 g/mol. The van der Waals surface area contributed by atoms with Gasteiger partial charge in [-0.15, -0.1) is 0 Å². The van der Waals surface area contributed by atoms with Crippen LogP contribution in [-0.2, 0) is 6.42 Å². The van der Waals surface area contributed by atoms with E-state index in [1.807, 2.05) is 24.3 Å². The molecule has 2 aromatic carbocycles. The lowest BCUT2D eigenvalue weighted by atomic mass is 10.0. The minimum Gasteiger partial charge on any atom is -0.493 e. The second kappa shape index (κ2) is 6.39. The summed E-state index contributed by atoms with van der Waals surface area (Å²) in [4.78, 5) is 0. The third-order valence-electron chi connectivity index (χ3n) is 3.72. The first-order chi connectivity index (χ1) is 10.8. The van der Waals surface area contributed by atoms with Gasteiger partial charge in [0.2, 0.25) is 0 Å². The Bertz CT molecular complexity index is 748. The summed E-state index contributed by atoms with van der Waals surface area (Å²) in [6.07, 6.45) is 4.97. The first kappa shape index (κ1) is 14.3. The molecule has 1 heterocycles. The van der Waals surface area contributed by atoms with Crippen molar-refractivity contribution < 1.29 is 9.47 Å². The summed E-state index contributed by atoms with van der Waals surface area (Å²) < 4.78 is 12.8. The minimum absolute atomic E-state index is 0.755. The minimum atomic E-state index is 0.755. The first-order valence-corrected chi connectivity index (χ1v) is 7.24. The molecule has 3 rings (SSSR count). The van der Waals surface area contributed by atoms with Crippen LogP contribution < -0.4 is 9.47 Å². The number of hydrogen-bond donors (Lipinski definition) is 0. The van der Waals surface area contributed by atoms with E-state index in [2.05, 4.69) is 47.3 Å². The van der Waals surface area contributed by atoms with Crippen LogP contribution in [0.15, 0.2) is 67.0 Å². The molecule has 0 atom stereocenters. The maximum atomic E-state index is 5.39. The number of hydrogen-bond acceptors (Lipinski definition) is 2. The Morgan fingerprint density at radius 3 is 2.27 bits per heavy atom. The highest BCUT2D eigenvalue weighted by Gasteiger charge is 2.08. The normalized spacial score (nSPS) is 10.5. The van der Waals surface area contributed by atoms with E-state index in [1.54, 1.807) is 14.2 Å². The van der Waals surface area contributed by atoms with Crippen LogP contribution in [0.25, 0.3) is 5.69 Å². The highest BCUT2D eigenvalue weighted by atomic mass is 16.5. The Morgan fingerprint density at radius 1 is 0.818 bits per heavy atom. The van der Waals surface area contributed by atoms with Crippen LogP contribution in [0, 0.1) is 0 Å². The number of rotatable bonds is 5. The zero-order valence-electron chi connectivity index (χ0n) is 12.8. The van der Waals surface area contributed by atoms with Gasteiger partial charge in [0.25, 0.3) is 0 Å². The molecule has 0 bridgehead atoms. The third kappa shape index (κ3) is 2.84. The van der Waals surface area contributed by atoms with Gasteiger partial charge in [0, 0.05) is 18.1 Å². The van der Waals surface area contributed by atoms with Crippen molar-refractivity contribution in [3.05, 3.63) is 78.1 Å². The van der Waals surface area contributed by atoms with Gasteiger partial charge in [-0.1, -0.05) is 24.3 Å². The summed E-state index contributed by atoms with van der Waals surface area (Å²) >= 11 is 0. The van der Waals surface area contributed by atoms with Gasteiger partial charge in [-0.05, 0) is 47.9 Å². The molecular formula is C19H19NO2. The molecule has 3 heteroatoms. The molecule has 0 aliphatic heterocycles. The fourth-order valence-corrected chi connectivity index (χ4v) is 2.62. The molecule has 0 aliphatic rings. The van der Waals surface area contributed by atoms with Crippen LogP contribution in [-0.4, -0.2) is 18.8 Å². The molecule has 0 spiro atoms. The Hall–Kier alpha value is -2.68. The van der Waals surface area contributed by atoms with Gasteiger partial charge in [0.15, 0.2) is 11.5 Å². The average Bonchev–Trinajstić information content (AvgIpc) is 3.09. The van der Waals surface area contributed by atoms with E-state index in [9.17, 15) is 0 Å². The smallest absolute Gasteiger partial charge is 0.160 e. The van der Waals surface area contributed by atoms with E-state index >= 15 is 0 Å². The average molecular weight is 293 g/mol. The summed E-state index contributed by atoms with van der Waals surface area (Å²) in [5.41, 5.74) is 3.66. The lowest BCUT2D eigenvalue weighted by Gasteiger charge is -2.13. The fraction of sp³-hybridized carbons (Fsp3) is 0.158. The van der Waals surface area contributed by atoms with Crippen molar-refractivity contribution in [2.24, 2.45) is 0 Å². The Labute approximate surface area is 130 Å².